The minimum atomic E-state index is -0.321. The van der Waals surface area contributed by atoms with Crippen LogP contribution in [0.15, 0.2) is 16.6 Å². The molecule has 0 aliphatic heterocycles. The highest BCUT2D eigenvalue weighted by molar-refractivity contribution is 9.10. The molecule has 1 amide bonds. The molecule has 0 radical (unpaired) electrons. The Hall–Kier alpha value is -0.900. The van der Waals surface area contributed by atoms with E-state index in [4.69, 9.17) is 0 Å². The maximum Gasteiger partial charge on any atom is 0.221 e. The van der Waals surface area contributed by atoms with Crippen molar-refractivity contribution in [2.24, 2.45) is 0 Å². The van der Waals surface area contributed by atoms with E-state index in [0.29, 0.717) is 15.7 Å². The first-order chi connectivity index (χ1) is 6.00. The van der Waals surface area contributed by atoms with Gasteiger partial charge in [-0.15, -0.1) is 0 Å². The van der Waals surface area contributed by atoms with Crippen LogP contribution in [0.3, 0.4) is 0 Å². The van der Waals surface area contributed by atoms with Crippen molar-refractivity contribution >= 4 is 27.5 Å². The maximum absolute atomic E-state index is 12.8. The summed E-state index contributed by atoms with van der Waals surface area (Å²) in [6.07, 6.45) is 0. The Morgan fingerprint density at radius 1 is 1.54 bits per heavy atom. The Labute approximate surface area is 84.3 Å². The third kappa shape index (κ3) is 2.52. The minimum Gasteiger partial charge on any atom is -0.325 e. The van der Waals surface area contributed by atoms with Crippen molar-refractivity contribution in [1.29, 1.82) is 0 Å². The predicted molar refractivity (Wildman–Crippen MR) is 53.1 cm³/mol. The van der Waals surface area contributed by atoms with Crippen LogP contribution in [0.1, 0.15) is 12.5 Å². The van der Waals surface area contributed by atoms with Crippen LogP contribution in [0.25, 0.3) is 0 Å². The number of benzene rings is 1. The summed E-state index contributed by atoms with van der Waals surface area (Å²) in [5, 5.41) is 2.62. The Bertz CT molecular complexity index is 328. The molecule has 0 bridgehead atoms. The van der Waals surface area contributed by atoms with Crippen LogP contribution in [-0.4, -0.2) is 5.91 Å². The van der Waals surface area contributed by atoms with E-state index >= 15 is 0 Å². The van der Waals surface area contributed by atoms with E-state index in [1.54, 1.807) is 6.92 Å². The zero-order valence-electron chi connectivity index (χ0n) is 7.32. The molecular weight excluding hydrogens is 237 g/mol. The molecule has 0 saturated carbocycles. The molecule has 4 heteroatoms. The number of hydrogen-bond donors (Lipinski definition) is 1. The molecule has 0 heterocycles. The second-order valence-corrected chi connectivity index (χ2v) is 3.62. The van der Waals surface area contributed by atoms with Gasteiger partial charge >= 0.3 is 0 Å². The molecule has 0 spiro atoms. The number of rotatable bonds is 1. The van der Waals surface area contributed by atoms with E-state index in [9.17, 15) is 9.18 Å². The highest BCUT2D eigenvalue weighted by atomic mass is 79.9. The minimum absolute atomic E-state index is 0.171. The van der Waals surface area contributed by atoms with Crippen molar-refractivity contribution in [3.63, 3.8) is 0 Å². The van der Waals surface area contributed by atoms with Crippen LogP contribution < -0.4 is 5.32 Å². The van der Waals surface area contributed by atoms with E-state index in [-0.39, 0.29) is 11.7 Å². The van der Waals surface area contributed by atoms with Gasteiger partial charge < -0.3 is 5.32 Å². The summed E-state index contributed by atoms with van der Waals surface area (Å²) in [5.41, 5.74) is 1.32. The Morgan fingerprint density at radius 2 is 2.15 bits per heavy atom. The molecule has 2 nitrogen and oxygen atoms in total. The smallest absolute Gasteiger partial charge is 0.221 e. The largest absolute Gasteiger partial charge is 0.325 e. The maximum atomic E-state index is 12.8. The van der Waals surface area contributed by atoms with Crippen LogP contribution in [0.5, 0.6) is 0 Å². The topological polar surface area (TPSA) is 29.1 Å². The molecule has 0 aromatic heterocycles. The number of halogens is 2. The predicted octanol–water partition coefficient (Wildman–Crippen LogP) is 2.86. The van der Waals surface area contributed by atoms with Crippen LogP contribution in [0.4, 0.5) is 10.1 Å². The first-order valence-electron chi connectivity index (χ1n) is 3.74. The number of amides is 1. The average Bonchev–Trinajstić information content (AvgIpc) is 1.96. The quantitative estimate of drug-likeness (QED) is 0.810. The second kappa shape index (κ2) is 3.87. The van der Waals surface area contributed by atoms with E-state index in [2.05, 4.69) is 21.2 Å². The van der Waals surface area contributed by atoms with Gasteiger partial charge in [0, 0.05) is 11.4 Å². The van der Waals surface area contributed by atoms with Crippen LogP contribution >= 0.6 is 15.9 Å². The van der Waals surface area contributed by atoms with Gasteiger partial charge in [0.1, 0.15) is 5.82 Å². The first kappa shape index (κ1) is 10.2. The number of aryl methyl sites for hydroxylation is 1. The van der Waals surface area contributed by atoms with E-state index in [1.165, 1.54) is 19.1 Å². The van der Waals surface area contributed by atoms with Crippen molar-refractivity contribution in [1.82, 2.24) is 0 Å². The number of carbonyl (C=O) groups excluding carboxylic acids is 1. The van der Waals surface area contributed by atoms with Gasteiger partial charge in [0.15, 0.2) is 0 Å². The average molecular weight is 246 g/mol. The lowest BCUT2D eigenvalue weighted by atomic mass is 10.2. The number of anilines is 1. The molecule has 1 aromatic rings. The fourth-order valence-electron chi connectivity index (χ4n) is 1.04. The van der Waals surface area contributed by atoms with Gasteiger partial charge in [0.2, 0.25) is 5.91 Å². The summed E-state index contributed by atoms with van der Waals surface area (Å²) in [7, 11) is 0. The molecule has 0 aliphatic carbocycles. The Kier molecular flexibility index (Phi) is 3.03. The standard InChI is InChI=1S/C9H9BrFNO/c1-5-3-7(11)4-8(10)9(5)12-6(2)13/h3-4H,1-2H3,(H,12,13). The molecule has 0 fully saturated rings. The monoisotopic (exact) mass is 245 g/mol. The van der Waals surface area contributed by atoms with Crippen LogP contribution in [0.2, 0.25) is 0 Å². The molecule has 0 unspecified atom stereocenters. The van der Waals surface area contributed by atoms with Gasteiger partial charge in [-0.3, -0.25) is 4.79 Å². The summed E-state index contributed by atoms with van der Waals surface area (Å²) >= 11 is 3.17. The number of nitrogens with one attached hydrogen (secondary N) is 1. The SMILES string of the molecule is CC(=O)Nc1c(C)cc(F)cc1Br. The zero-order chi connectivity index (χ0) is 10.0. The summed E-state index contributed by atoms with van der Waals surface area (Å²) in [5.74, 6) is -0.492. The molecule has 1 aromatic carbocycles. The van der Waals surface area contributed by atoms with Gasteiger partial charge in [-0.1, -0.05) is 0 Å². The normalized spacial score (nSPS) is 9.85. The van der Waals surface area contributed by atoms with Crippen molar-refractivity contribution in [2.45, 2.75) is 13.8 Å². The van der Waals surface area contributed by atoms with Crippen LogP contribution in [-0.2, 0) is 4.79 Å². The van der Waals surface area contributed by atoms with Gasteiger partial charge in [0.05, 0.1) is 5.69 Å². The van der Waals surface area contributed by atoms with Gasteiger partial charge in [-0.25, -0.2) is 4.39 Å². The highest BCUT2D eigenvalue weighted by Crippen LogP contribution is 2.27. The molecule has 0 atom stereocenters. The van der Waals surface area contributed by atoms with Crippen molar-refractivity contribution < 1.29 is 9.18 Å². The van der Waals surface area contributed by atoms with Gasteiger partial charge in [-0.05, 0) is 40.5 Å². The number of hydrogen-bond acceptors (Lipinski definition) is 1. The van der Waals surface area contributed by atoms with Gasteiger partial charge in [0.25, 0.3) is 0 Å². The van der Waals surface area contributed by atoms with Crippen LogP contribution in [0, 0.1) is 12.7 Å². The lowest BCUT2D eigenvalue weighted by molar-refractivity contribution is -0.114. The summed E-state index contributed by atoms with van der Waals surface area (Å²) < 4.78 is 13.4. The molecule has 1 N–H and O–H groups in total. The lowest BCUT2D eigenvalue weighted by Gasteiger charge is -2.08. The van der Waals surface area contributed by atoms with Gasteiger partial charge in [-0.2, -0.15) is 0 Å². The summed E-state index contributed by atoms with van der Waals surface area (Å²) in [4.78, 5) is 10.8. The third-order valence-electron chi connectivity index (χ3n) is 1.55. The molecule has 0 aliphatic rings. The number of carbonyl (C=O) groups is 1. The fourth-order valence-corrected chi connectivity index (χ4v) is 1.67. The van der Waals surface area contributed by atoms with Crippen molar-refractivity contribution in [2.75, 3.05) is 5.32 Å². The second-order valence-electron chi connectivity index (χ2n) is 2.76. The molecule has 0 saturated heterocycles. The summed E-state index contributed by atoms with van der Waals surface area (Å²) in [6, 6.07) is 2.69. The van der Waals surface area contributed by atoms with Crippen molar-refractivity contribution in [3.8, 4) is 0 Å². The Balaban J connectivity index is 3.13. The van der Waals surface area contributed by atoms with Crippen molar-refractivity contribution in [3.05, 3.63) is 28.0 Å². The summed E-state index contributed by atoms with van der Waals surface area (Å²) in [6.45, 7) is 3.15. The van der Waals surface area contributed by atoms with E-state index in [0.717, 1.165) is 0 Å². The Morgan fingerprint density at radius 3 is 2.62 bits per heavy atom. The van der Waals surface area contributed by atoms with E-state index < -0.39 is 0 Å². The first-order valence-corrected chi connectivity index (χ1v) is 4.53. The zero-order valence-corrected chi connectivity index (χ0v) is 8.90. The molecular formula is C9H9BrFNO. The fraction of sp³-hybridized carbons (Fsp3) is 0.222. The molecule has 1 rings (SSSR count). The van der Waals surface area contributed by atoms with E-state index in [1.807, 2.05) is 0 Å². The lowest BCUT2D eigenvalue weighted by Crippen LogP contribution is -2.08. The third-order valence-corrected chi connectivity index (χ3v) is 2.18. The molecule has 70 valence electrons. The molecule has 13 heavy (non-hydrogen) atoms. The highest BCUT2D eigenvalue weighted by Gasteiger charge is 2.06.